The van der Waals surface area contributed by atoms with Crippen LogP contribution in [0.4, 0.5) is 5.82 Å². The van der Waals surface area contributed by atoms with Crippen molar-refractivity contribution in [1.82, 2.24) is 24.5 Å². The lowest BCUT2D eigenvalue weighted by molar-refractivity contribution is -0.132. The first-order valence-corrected chi connectivity index (χ1v) is 10.4. The molecule has 2 atom stereocenters. The van der Waals surface area contributed by atoms with Crippen LogP contribution in [0.25, 0.3) is 5.65 Å². The molecule has 0 aromatic carbocycles. The van der Waals surface area contributed by atoms with Gasteiger partial charge in [-0.2, -0.15) is 5.10 Å². The molecule has 2 aliphatic rings. The number of aryl methyl sites for hydroxylation is 2. The molecule has 1 unspecified atom stereocenters. The lowest BCUT2D eigenvalue weighted by atomic mass is 9.97. The van der Waals surface area contributed by atoms with E-state index in [1.54, 1.807) is 6.33 Å². The molecule has 0 saturated carbocycles. The molecule has 0 radical (unpaired) electrons. The number of carbonyl (C=O) groups is 1. The number of nitrogens with zero attached hydrogens (tertiary/aromatic N) is 6. The second-order valence-corrected chi connectivity index (χ2v) is 8.20. The molecule has 150 valence electrons. The third-order valence-electron chi connectivity index (χ3n) is 6.26. The van der Waals surface area contributed by atoms with E-state index in [0.717, 1.165) is 62.5 Å². The van der Waals surface area contributed by atoms with Crippen molar-refractivity contribution in [2.45, 2.75) is 38.6 Å². The standard InChI is InChI=1S/C22H26N6O/c1-16-8-9-20(23-13-16)26-10-11-27-19(14-26)12-17(22(27)29)4-2-5-18-6-3-7-21-24-15-25-28(18)21/h3,6-9,13,15,17,19H,2,4-5,10-12,14H2,1H3/t17?,19-/m0/s1. The fraction of sp³-hybridized carbons (Fsp3) is 0.455. The first kappa shape index (κ1) is 18.1. The summed E-state index contributed by atoms with van der Waals surface area (Å²) in [5.41, 5.74) is 3.20. The Morgan fingerprint density at radius 1 is 1.14 bits per heavy atom. The van der Waals surface area contributed by atoms with E-state index >= 15 is 0 Å². The normalized spacial score (nSPS) is 21.8. The maximum absolute atomic E-state index is 12.9. The van der Waals surface area contributed by atoms with Gasteiger partial charge in [-0.05, 0) is 56.4 Å². The van der Waals surface area contributed by atoms with Crippen molar-refractivity contribution in [3.63, 3.8) is 0 Å². The number of fused-ring (bicyclic) bond motifs is 2. The summed E-state index contributed by atoms with van der Waals surface area (Å²) in [5.74, 6) is 1.50. The molecule has 0 N–H and O–H groups in total. The number of rotatable bonds is 5. The molecule has 0 spiro atoms. The number of hydrogen-bond acceptors (Lipinski definition) is 5. The second kappa shape index (κ2) is 7.46. The van der Waals surface area contributed by atoms with Crippen LogP contribution < -0.4 is 4.90 Å². The average Bonchev–Trinajstić information content (AvgIpc) is 3.34. The molecule has 1 amide bonds. The zero-order valence-electron chi connectivity index (χ0n) is 16.7. The van der Waals surface area contributed by atoms with Crippen molar-refractivity contribution in [3.8, 4) is 0 Å². The van der Waals surface area contributed by atoms with Crippen molar-refractivity contribution in [3.05, 3.63) is 54.1 Å². The van der Waals surface area contributed by atoms with Crippen molar-refractivity contribution < 1.29 is 4.79 Å². The highest BCUT2D eigenvalue weighted by molar-refractivity contribution is 5.82. The summed E-state index contributed by atoms with van der Waals surface area (Å²) >= 11 is 0. The number of piperazine rings is 1. The molecular formula is C22H26N6O. The van der Waals surface area contributed by atoms with Crippen LogP contribution in [0, 0.1) is 12.8 Å². The Labute approximate surface area is 170 Å². The summed E-state index contributed by atoms with van der Waals surface area (Å²) in [6.45, 7) is 4.60. The molecule has 3 aromatic heterocycles. The molecule has 5 heterocycles. The smallest absolute Gasteiger partial charge is 0.226 e. The summed E-state index contributed by atoms with van der Waals surface area (Å²) in [5, 5.41) is 4.30. The van der Waals surface area contributed by atoms with Crippen LogP contribution in [0.1, 0.15) is 30.5 Å². The molecule has 5 rings (SSSR count). The zero-order valence-corrected chi connectivity index (χ0v) is 16.7. The lowest BCUT2D eigenvalue weighted by Gasteiger charge is -2.38. The Morgan fingerprint density at radius 2 is 2.07 bits per heavy atom. The van der Waals surface area contributed by atoms with Gasteiger partial charge in [0.1, 0.15) is 12.1 Å². The van der Waals surface area contributed by atoms with E-state index < -0.39 is 0 Å². The Hall–Kier alpha value is -2.96. The number of aromatic nitrogens is 4. The molecule has 7 nitrogen and oxygen atoms in total. The summed E-state index contributed by atoms with van der Waals surface area (Å²) in [6.07, 6.45) is 7.29. The van der Waals surface area contributed by atoms with Gasteiger partial charge < -0.3 is 9.80 Å². The first-order chi connectivity index (χ1) is 14.2. The predicted molar refractivity (Wildman–Crippen MR) is 111 cm³/mol. The number of pyridine rings is 2. The number of amides is 1. The summed E-state index contributed by atoms with van der Waals surface area (Å²) in [6, 6.07) is 10.6. The second-order valence-electron chi connectivity index (χ2n) is 8.20. The maximum Gasteiger partial charge on any atom is 0.226 e. The van der Waals surface area contributed by atoms with Crippen LogP contribution in [0.2, 0.25) is 0 Å². The monoisotopic (exact) mass is 390 g/mol. The van der Waals surface area contributed by atoms with Crippen molar-refractivity contribution in [1.29, 1.82) is 0 Å². The van der Waals surface area contributed by atoms with E-state index in [0.29, 0.717) is 11.9 Å². The third kappa shape index (κ3) is 3.45. The SMILES string of the molecule is Cc1ccc(N2CCN3C(=O)C(CCCc4cccc5ncnn45)C[C@H]3C2)nc1. The molecule has 2 aliphatic heterocycles. The lowest BCUT2D eigenvalue weighted by Crippen LogP contribution is -2.51. The minimum atomic E-state index is 0.140. The highest BCUT2D eigenvalue weighted by Crippen LogP contribution is 2.32. The van der Waals surface area contributed by atoms with Crippen molar-refractivity contribution >= 4 is 17.4 Å². The molecule has 2 fully saturated rings. The Bertz CT molecular complexity index is 1010. The first-order valence-electron chi connectivity index (χ1n) is 10.4. The Balaban J connectivity index is 1.19. The van der Waals surface area contributed by atoms with Crippen LogP contribution in [0.5, 0.6) is 0 Å². The van der Waals surface area contributed by atoms with Crippen molar-refractivity contribution in [2.75, 3.05) is 24.5 Å². The third-order valence-corrected chi connectivity index (χ3v) is 6.26. The fourth-order valence-electron chi connectivity index (χ4n) is 4.73. The maximum atomic E-state index is 12.9. The van der Waals surface area contributed by atoms with E-state index in [1.807, 2.05) is 22.8 Å². The van der Waals surface area contributed by atoms with Gasteiger partial charge in [0.2, 0.25) is 5.91 Å². The minimum absolute atomic E-state index is 0.140. The molecule has 7 heteroatoms. The topological polar surface area (TPSA) is 66.6 Å². The summed E-state index contributed by atoms with van der Waals surface area (Å²) in [4.78, 5) is 26.1. The fourth-order valence-corrected chi connectivity index (χ4v) is 4.73. The van der Waals surface area contributed by atoms with Crippen LogP contribution >= 0.6 is 0 Å². The van der Waals surface area contributed by atoms with Crippen molar-refractivity contribution in [2.24, 2.45) is 5.92 Å². The molecule has 2 saturated heterocycles. The average molecular weight is 390 g/mol. The van der Waals surface area contributed by atoms with Gasteiger partial charge in [-0.3, -0.25) is 4.79 Å². The molecule has 29 heavy (non-hydrogen) atoms. The quantitative estimate of drug-likeness (QED) is 0.670. The number of hydrogen-bond donors (Lipinski definition) is 0. The van der Waals surface area contributed by atoms with Gasteiger partial charge in [0.25, 0.3) is 0 Å². The highest BCUT2D eigenvalue weighted by Gasteiger charge is 2.42. The van der Waals surface area contributed by atoms with Gasteiger partial charge in [0, 0.05) is 37.4 Å². The van der Waals surface area contributed by atoms with E-state index in [9.17, 15) is 4.79 Å². The van der Waals surface area contributed by atoms with Gasteiger partial charge in [-0.25, -0.2) is 14.5 Å². The van der Waals surface area contributed by atoms with Crippen LogP contribution in [0.3, 0.4) is 0 Å². The van der Waals surface area contributed by atoms with Gasteiger partial charge in [-0.15, -0.1) is 0 Å². The van der Waals surface area contributed by atoms with Crippen LogP contribution in [-0.2, 0) is 11.2 Å². The Morgan fingerprint density at radius 3 is 2.93 bits per heavy atom. The summed E-state index contributed by atoms with van der Waals surface area (Å²) < 4.78 is 1.90. The van der Waals surface area contributed by atoms with E-state index in [1.165, 1.54) is 5.56 Å². The number of carbonyl (C=O) groups excluding carboxylic acids is 1. The van der Waals surface area contributed by atoms with Gasteiger partial charge in [-0.1, -0.05) is 12.1 Å². The van der Waals surface area contributed by atoms with E-state index in [-0.39, 0.29) is 5.92 Å². The van der Waals surface area contributed by atoms with Crippen LogP contribution in [0.15, 0.2) is 42.9 Å². The minimum Gasteiger partial charge on any atom is -0.353 e. The zero-order chi connectivity index (χ0) is 19.8. The van der Waals surface area contributed by atoms with E-state index in [2.05, 4.69) is 50.0 Å². The number of anilines is 1. The van der Waals surface area contributed by atoms with E-state index in [4.69, 9.17) is 0 Å². The molecule has 0 aliphatic carbocycles. The summed E-state index contributed by atoms with van der Waals surface area (Å²) in [7, 11) is 0. The Kier molecular flexibility index (Phi) is 4.66. The molecule has 0 bridgehead atoms. The van der Waals surface area contributed by atoms with Gasteiger partial charge >= 0.3 is 0 Å². The molecular weight excluding hydrogens is 364 g/mol. The van der Waals surface area contributed by atoms with Gasteiger partial charge in [0.05, 0.1) is 6.04 Å². The van der Waals surface area contributed by atoms with Gasteiger partial charge in [0.15, 0.2) is 5.65 Å². The highest BCUT2D eigenvalue weighted by atomic mass is 16.2. The predicted octanol–water partition coefficient (Wildman–Crippen LogP) is 2.49. The van der Waals surface area contributed by atoms with Crippen LogP contribution in [-0.4, -0.2) is 56.1 Å². The molecule has 3 aromatic rings. The largest absolute Gasteiger partial charge is 0.353 e.